The zero-order chi connectivity index (χ0) is 10.6. The Morgan fingerprint density at radius 2 is 1.80 bits per heavy atom. The molecule has 2 bridgehead atoms. The van der Waals surface area contributed by atoms with Crippen LogP contribution in [-0.2, 0) is 4.79 Å². The molecule has 3 fully saturated rings. The average molecular weight is 208 g/mol. The van der Waals surface area contributed by atoms with E-state index in [0.717, 1.165) is 25.0 Å². The Morgan fingerprint density at radius 1 is 1.20 bits per heavy atom. The zero-order valence-electron chi connectivity index (χ0n) is 9.70. The first kappa shape index (κ1) is 9.64. The van der Waals surface area contributed by atoms with E-state index in [0.29, 0.717) is 11.3 Å². The van der Waals surface area contributed by atoms with Gasteiger partial charge in [-0.15, -0.1) is 0 Å². The molecule has 0 radical (unpaired) electrons. The van der Waals surface area contributed by atoms with Crippen LogP contribution in [0.3, 0.4) is 0 Å². The molecule has 0 saturated carbocycles. The molecular weight excluding hydrogens is 188 g/mol. The lowest BCUT2D eigenvalue weighted by Crippen LogP contribution is -2.46. The van der Waals surface area contributed by atoms with E-state index >= 15 is 0 Å². The summed E-state index contributed by atoms with van der Waals surface area (Å²) >= 11 is 0. The first-order chi connectivity index (χ1) is 7.10. The number of likely N-dealkylation sites (tertiary alicyclic amines) is 1. The molecule has 3 aliphatic heterocycles. The third-order valence-corrected chi connectivity index (χ3v) is 4.85. The summed E-state index contributed by atoms with van der Waals surface area (Å²) in [5, 5.41) is 0. The van der Waals surface area contributed by atoms with Crippen LogP contribution >= 0.6 is 0 Å². The maximum Gasteiger partial charge on any atom is 0.222 e. The van der Waals surface area contributed by atoms with Crippen molar-refractivity contribution in [3.8, 4) is 0 Å². The molecule has 0 aromatic heterocycles. The second kappa shape index (κ2) is 2.97. The van der Waals surface area contributed by atoms with E-state index in [1.54, 1.807) is 0 Å². The summed E-state index contributed by atoms with van der Waals surface area (Å²) in [6.07, 6.45) is 6.00. The highest BCUT2D eigenvalue weighted by molar-refractivity contribution is 5.79. The molecule has 2 unspecified atom stereocenters. The maximum atomic E-state index is 11.7. The van der Waals surface area contributed by atoms with Crippen LogP contribution in [0.4, 0.5) is 0 Å². The van der Waals surface area contributed by atoms with Crippen molar-refractivity contribution < 1.29 is 4.79 Å². The summed E-state index contributed by atoms with van der Waals surface area (Å²) in [4.78, 5) is 16.2. The van der Waals surface area contributed by atoms with Crippen LogP contribution in [0.5, 0.6) is 0 Å². The van der Waals surface area contributed by atoms with Gasteiger partial charge >= 0.3 is 0 Å². The Kier molecular flexibility index (Phi) is 1.91. The Bertz CT molecular complexity index is 288. The molecule has 84 valence electrons. The second-order valence-corrected chi connectivity index (χ2v) is 5.89. The van der Waals surface area contributed by atoms with Gasteiger partial charge in [-0.2, -0.15) is 0 Å². The number of carbonyl (C=O) groups is 1. The molecule has 2 atom stereocenters. The van der Waals surface area contributed by atoms with Gasteiger partial charge in [-0.05, 0) is 38.1 Å². The minimum absolute atomic E-state index is 0.337. The minimum atomic E-state index is 0.337. The smallest absolute Gasteiger partial charge is 0.222 e. The highest BCUT2D eigenvalue weighted by Crippen LogP contribution is 2.49. The van der Waals surface area contributed by atoms with Crippen molar-refractivity contribution in [2.45, 2.75) is 44.2 Å². The predicted octanol–water partition coefficient (Wildman–Crippen LogP) is 1.09. The highest BCUT2D eigenvalue weighted by Gasteiger charge is 2.51. The fourth-order valence-electron chi connectivity index (χ4n) is 4.04. The molecule has 0 aromatic rings. The van der Waals surface area contributed by atoms with Crippen LogP contribution in [0.15, 0.2) is 0 Å². The Hall–Kier alpha value is -0.570. The number of fused-ring (bicyclic) bond motifs is 2. The predicted molar refractivity (Wildman–Crippen MR) is 58.5 cm³/mol. The SMILES string of the molecule is CN1CC2(CC1=O)CC1CCC(C2)N1C. The summed E-state index contributed by atoms with van der Waals surface area (Å²) < 4.78 is 0. The standard InChI is InChI=1S/C12H20N2O/c1-13-8-12(7-11(13)15)5-9-3-4-10(6-12)14(9)2/h9-10H,3-8H2,1-2H3. The Labute approximate surface area is 91.4 Å². The van der Waals surface area contributed by atoms with Crippen molar-refractivity contribution in [3.05, 3.63) is 0 Å². The summed E-state index contributed by atoms with van der Waals surface area (Å²) in [6, 6.07) is 1.51. The molecule has 3 saturated heterocycles. The van der Waals surface area contributed by atoms with E-state index in [-0.39, 0.29) is 0 Å². The minimum Gasteiger partial charge on any atom is -0.345 e. The molecule has 3 rings (SSSR count). The first-order valence-electron chi connectivity index (χ1n) is 6.06. The number of hydrogen-bond donors (Lipinski definition) is 0. The number of carbonyl (C=O) groups excluding carboxylic acids is 1. The molecule has 0 aromatic carbocycles. The summed E-state index contributed by atoms with van der Waals surface area (Å²) in [6.45, 7) is 1.01. The second-order valence-electron chi connectivity index (χ2n) is 5.89. The topological polar surface area (TPSA) is 23.6 Å². The van der Waals surface area contributed by atoms with Gasteiger partial charge in [-0.3, -0.25) is 4.79 Å². The number of hydrogen-bond acceptors (Lipinski definition) is 2. The summed E-state index contributed by atoms with van der Waals surface area (Å²) in [7, 11) is 4.22. The molecule has 3 heteroatoms. The zero-order valence-corrected chi connectivity index (χ0v) is 9.70. The van der Waals surface area contributed by atoms with Crippen molar-refractivity contribution >= 4 is 5.91 Å². The van der Waals surface area contributed by atoms with Crippen LogP contribution in [0, 0.1) is 5.41 Å². The van der Waals surface area contributed by atoms with Gasteiger partial charge in [-0.1, -0.05) is 0 Å². The van der Waals surface area contributed by atoms with Crippen LogP contribution in [0.2, 0.25) is 0 Å². The van der Waals surface area contributed by atoms with Gasteiger partial charge in [0.1, 0.15) is 0 Å². The molecule has 1 amide bonds. The van der Waals surface area contributed by atoms with Crippen molar-refractivity contribution in [2.24, 2.45) is 5.41 Å². The third kappa shape index (κ3) is 1.32. The van der Waals surface area contributed by atoms with Crippen molar-refractivity contribution in [1.29, 1.82) is 0 Å². The van der Waals surface area contributed by atoms with E-state index in [4.69, 9.17) is 0 Å². The quantitative estimate of drug-likeness (QED) is 0.595. The van der Waals surface area contributed by atoms with Crippen molar-refractivity contribution in [3.63, 3.8) is 0 Å². The fraction of sp³-hybridized carbons (Fsp3) is 0.917. The van der Waals surface area contributed by atoms with Crippen LogP contribution < -0.4 is 0 Å². The lowest BCUT2D eigenvalue weighted by molar-refractivity contribution is -0.126. The van der Waals surface area contributed by atoms with Gasteiger partial charge in [0, 0.05) is 32.1 Å². The fourth-order valence-corrected chi connectivity index (χ4v) is 4.04. The molecule has 3 nitrogen and oxygen atoms in total. The molecular formula is C12H20N2O. The normalized spacial score (nSPS) is 45.7. The summed E-state index contributed by atoms with van der Waals surface area (Å²) in [5.41, 5.74) is 0.337. The number of amides is 1. The van der Waals surface area contributed by atoms with Crippen molar-refractivity contribution in [2.75, 3.05) is 20.6 Å². The molecule has 1 spiro atoms. The lowest BCUT2D eigenvalue weighted by Gasteiger charge is -2.42. The molecule has 3 heterocycles. The van der Waals surface area contributed by atoms with Crippen LogP contribution in [0.25, 0.3) is 0 Å². The molecule has 0 aliphatic carbocycles. The molecule has 15 heavy (non-hydrogen) atoms. The van der Waals surface area contributed by atoms with Gasteiger partial charge in [0.25, 0.3) is 0 Å². The van der Waals surface area contributed by atoms with E-state index < -0.39 is 0 Å². The van der Waals surface area contributed by atoms with Gasteiger partial charge in [0.15, 0.2) is 0 Å². The van der Waals surface area contributed by atoms with E-state index in [1.165, 1.54) is 25.7 Å². The monoisotopic (exact) mass is 208 g/mol. The van der Waals surface area contributed by atoms with Gasteiger partial charge < -0.3 is 9.80 Å². The van der Waals surface area contributed by atoms with Crippen LogP contribution in [0.1, 0.15) is 32.1 Å². The molecule has 3 aliphatic rings. The average Bonchev–Trinajstić information content (AvgIpc) is 2.57. The maximum absolute atomic E-state index is 11.7. The van der Waals surface area contributed by atoms with E-state index in [2.05, 4.69) is 11.9 Å². The Morgan fingerprint density at radius 3 is 2.27 bits per heavy atom. The highest BCUT2D eigenvalue weighted by atomic mass is 16.2. The van der Waals surface area contributed by atoms with Gasteiger partial charge in [-0.25, -0.2) is 0 Å². The van der Waals surface area contributed by atoms with Gasteiger partial charge in [0.2, 0.25) is 5.91 Å². The molecule has 0 N–H and O–H groups in total. The number of piperidine rings is 1. The number of nitrogens with zero attached hydrogens (tertiary/aromatic N) is 2. The Balaban J connectivity index is 1.83. The van der Waals surface area contributed by atoms with Crippen molar-refractivity contribution in [1.82, 2.24) is 9.80 Å². The number of rotatable bonds is 0. The third-order valence-electron chi connectivity index (χ3n) is 4.85. The van der Waals surface area contributed by atoms with E-state index in [1.807, 2.05) is 11.9 Å². The van der Waals surface area contributed by atoms with E-state index in [9.17, 15) is 4.79 Å². The largest absolute Gasteiger partial charge is 0.345 e. The van der Waals surface area contributed by atoms with Gasteiger partial charge in [0.05, 0.1) is 0 Å². The lowest BCUT2D eigenvalue weighted by atomic mass is 9.74. The van der Waals surface area contributed by atoms with Crippen LogP contribution in [-0.4, -0.2) is 48.4 Å². The summed E-state index contributed by atoms with van der Waals surface area (Å²) in [5.74, 6) is 0.360. The first-order valence-corrected chi connectivity index (χ1v) is 6.06.